The molecular formula is C11H15FN2O3S. The molecular weight excluding hydrogens is 259 g/mol. The topological polar surface area (TPSA) is 89.3 Å². The van der Waals surface area contributed by atoms with Crippen LogP contribution in [0.3, 0.4) is 0 Å². The lowest BCUT2D eigenvalue weighted by Gasteiger charge is -2.12. The van der Waals surface area contributed by atoms with E-state index in [9.17, 15) is 17.6 Å². The Balaban J connectivity index is 2.66. The summed E-state index contributed by atoms with van der Waals surface area (Å²) in [5.41, 5.74) is 6.10. The van der Waals surface area contributed by atoms with Gasteiger partial charge in [0.25, 0.3) is 5.91 Å². The first-order valence-electron chi connectivity index (χ1n) is 5.38. The molecule has 3 N–H and O–H groups in total. The van der Waals surface area contributed by atoms with Crippen LogP contribution in [0.1, 0.15) is 12.5 Å². The van der Waals surface area contributed by atoms with Gasteiger partial charge in [-0.15, -0.1) is 0 Å². The number of hydrogen-bond donors (Lipinski definition) is 2. The molecule has 0 heterocycles. The SMILES string of the molecule is CCS(=O)(=O)NC(=O)[C@@H](N)Cc1cccc(F)c1. The van der Waals surface area contributed by atoms with Gasteiger partial charge in [0.1, 0.15) is 5.82 Å². The molecule has 0 saturated heterocycles. The van der Waals surface area contributed by atoms with Gasteiger partial charge in [0.2, 0.25) is 10.0 Å². The predicted molar refractivity (Wildman–Crippen MR) is 65.7 cm³/mol. The van der Waals surface area contributed by atoms with Crippen LogP contribution in [0.15, 0.2) is 24.3 Å². The second-order valence-corrected chi connectivity index (χ2v) is 5.82. The molecule has 100 valence electrons. The van der Waals surface area contributed by atoms with Crippen LogP contribution in [0.25, 0.3) is 0 Å². The molecule has 0 saturated carbocycles. The molecule has 5 nitrogen and oxygen atoms in total. The quantitative estimate of drug-likeness (QED) is 0.800. The fraction of sp³-hybridized carbons (Fsp3) is 0.364. The summed E-state index contributed by atoms with van der Waals surface area (Å²) in [7, 11) is -3.62. The van der Waals surface area contributed by atoms with E-state index in [1.807, 2.05) is 4.72 Å². The van der Waals surface area contributed by atoms with Crippen LogP contribution in [0.5, 0.6) is 0 Å². The fourth-order valence-electron chi connectivity index (χ4n) is 1.31. The number of nitrogens with one attached hydrogen (secondary N) is 1. The van der Waals surface area contributed by atoms with Gasteiger partial charge < -0.3 is 5.73 Å². The maximum Gasteiger partial charge on any atom is 0.250 e. The summed E-state index contributed by atoms with van der Waals surface area (Å²) in [6, 6.07) is 4.61. The van der Waals surface area contributed by atoms with Crippen molar-refractivity contribution < 1.29 is 17.6 Å². The summed E-state index contributed by atoms with van der Waals surface area (Å²) >= 11 is 0. The first kappa shape index (κ1) is 14.6. The number of sulfonamides is 1. The molecule has 1 rings (SSSR count). The van der Waals surface area contributed by atoms with Gasteiger partial charge in [0.15, 0.2) is 0 Å². The minimum Gasteiger partial charge on any atom is -0.320 e. The first-order chi connectivity index (χ1) is 8.34. The Morgan fingerprint density at radius 2 is 2.17 bits per heavy atom. The Hall–Kier alpha value is -1.47. The van der Waals surface area contributed by atoms with Crippen molar-refractivity contribution in [1.82, 2.24) is 4.72 Å². The molecule has 1 aromatic carbocycles. The van der Waals surface area contributed by atoms with Crippen LogP contribution < -0.4 is 10.5 Å². The van der Waals surface area contributed by atoms with Gasteiger partial charge in [-0.25, -0.2) is 12.8 Å². The lowest BCUT2D eigenvalue weighted by molar-refractivity contribution is -0.120. The monoisotopic (exact) mass is 274 g/mol. The van der Waals surface area contributed by atoms with E-state index in [1.54, 1.807) is 6.07 Å². The third-order valence-corrected chi connectivity index (χ3v) is 3.59. The number of amides is 1. The third kappa shape index (κ3) is 4.42. The van der Waals surface area contributed by atoms with Crippen LogP contribution in [0.2, 0.25) is 0 Å². The molecule has 1 aromatic rings. The number of carbonyl (C=O) groups is 1. The van der Waals surface area contributed by atoms with Crippen LogP contribution in [0.4, 0.5) is 4.39 Å². The van der Waals surface area contributed by atoms with Crippen LogP contribution in [0, 0.1) is 5.82 Å². The number of carbonyl (C=O) groups excluding carboxylic acids is 1. The summed E-state index contributed by atoms with van der Waals surface area (Å²) in [5.74, 6) is -1.42. The maximum atomic E-state index is 12.9. The highest BCUT2D eigenvalue weighted by molar-refractivity contribution is 7.90. The molecule has 0 fully saturated rings. The van der Waals surface area contributed by atoms with E-state index in [-0.39, 0.29) is 12.2 Å². The van der Waals surface area contributed by atoms with Gasteiger partial charge >= 0.3 is 0 Å². The molecule has 0 aliphatic carbocycles. The normalized spacial score (nSPS) is 13.1. The molecule has 0 radical (unpaired) electrons. The summed E-state index contributed by atoms with van der Waals surface area (Å²) < 4.78 is 37.1. The predicted octanol–water partition coefficient (Wildman–Crippen LogP) is 0.161. The third-order valence-electron chi connectivity index (χ3n) is 2.32. The zero-order chi connectivity index (χ0) is 13.8. The highest BCUT2D eigenvalue weighted by Crippen LogP contribution is 2.06. The van der Waals surface area contributed by atoms with Crippen LogP contribution in [-0.4, -0.2) is 26.1 Å². The number of hydrogen-bond acceptors (Lipinski definition) is 4. The minimum atomic E-state index is -3.62. The van der Waals surface area contributed by atoms with E-state index in [1.165, 1.54) is 25.1 Å². The van der Waals surface area contributed by atoms with E-state index in [0.717, 1.165) is 0 Å². The zero-order valence-corrected chi connectivity index (χ0v) is 10.7. The van der Waals surface area contributed by atoms with E-state index in [2.05, 4.69) is 0 Å². The lowest BCUT2D eigenvalue weighted by atomic mass is 10.1. The van der Waals surface area contributed by atoms with E-state index >= 15 is 0 Å². The molecule has 0 bridgehead atoms. The summed E-state index contributed by atoms with van der Waals surface area (Å²) in [4.78, 5) is 11.5. The Morgan fingerprint density at radius 1 is 1.50 bits per heavy atom. The van der Waals surface area contributed by atoms with Crippen molar-refractivity contribution in [3.8, 4) is 0 Å². The first-order valence-corrected chi connectivity index (χ1v) is 7.03. The Labute approximate surface area is 105 Å². The lowest BCUT2D eigenvalue weighted by Crippen LogP contribution is -2.45. The largest absolute Gasteiger partial charge is 0.320 e. The Bertz CT molecular complexity index is 531. The van der Waals surface area contributed by atoms with Crippen molar-refractivity contribution in [2.75, 3.05) is 5.75 Å². The van der Waals surface area contributed by atoms with E-state index in [0.29, 0.717) is 5.56 Å². The fourth-order valence-corrected chi connectivity index (χ4v) is 1.91. The van der Waals surface area contributed by atoms with Gasteiger partial charge in [-0.2, -0.15) is 0 Å². The van der Waals surface area contributed by atoms with Gasteiger partial charge in [0.05, 0.1) is 11.8 Å². The van der Waals surface area contributed by atoms with Gasteiger partial charge in [-0.05, 0) is 31.0 Å². The number of nitrogens with two attached hydrogens (primary N) is 1. The number of rotatable bonds is 5. The summed E-state index contributed by atoms with van der Waals surface area (Å²) in [6.07, 6.45) is 0.0722. The number of halogens is 1. The van der Waals surface area contributed by atoms with Crippen molar-refractivity contribution >= 4 is 15.9 Å². The van der Waals surface area contributed by atoms with Gasteiger partial charge in [-0.1, -0.05) is 12.1 Å². The molecule has 0 aromatic heterocycles. The molecule has 1 atom stereocenters. The molecule has 0 spiro atoms. The zero-order valence-electron chi connectivity index (χ0n) is 9.89. The average molecular weight is 274 g/mol. The van der Waals surface area contributed by atoms with Crippen LogP contribution >= 0.6 is 0 Å². The minimum absolute atomic E-state index is 0.0722. The average Bonchev–Trinajstić information content (AvgIpc) is 2.28. The Morgan fingerprint density at radius 3 is 2.72 bits per heavy atom. The summed E-state index contributed by atoms with van der Waals surface area (Å²) in [6.45, 7) is 1.41. The van der Waals surface area contributed by atoms with Crippen molar-refractivity contribution in [3.05, 3.63) is 35.6 Å². The van der Waals surface area contributed by atoms with Crippen molar-refractivity contribution in [2.24, 2.45) is 5.73 Å². The highest BCUT2D eigenvalue weighted by Gasteiger charge is 2.19. The maximum absolute atomic E-state index is 12.9. The highest BCUT2D eigenvalue weighted by atomic mass is 32.2. The van der Waals surface area contributed by atoms with E-state index in [4.69, 9.17) is 5.73 Å². The Kier molecular flexibility index (Phi) is 4.80. The molecule has 18 heavy (non-hydrogen) atoms. The van der Waals surface area contributed by atoms with E-state index < -0.39 is 27.8 Å². The van der Waals surface area contributed by atoms with Gasteiger partial charge in [-0.3, -0.25) is 9.52 Å². The molecule has 0 unspecified atom stereocenters. The summed E-state index contributed by atoms with van der Waals surface area (Å²) in [5, 5.41) is 0. The number of benzene rings is 1. The smallest absolute Gasteiger partial charge is 0.250 e. The second kappa shape index (κ2) is 5.92. The van der Waals surface area contributed by atoms with Crippen LogP contribution in [-0.2, 0) is 21.2 Å². The molecule has 1 amide bonds. The second-order valence-electron chi connectivity index (χ2n) is 3.81. The molecule has 7 heteroatoms. The molecule has 0 aliphatic rings. The van der Waals surface area contributed by atoms with Crippen molar-refractivity contribution in [3.63, 3.8) is 0 Å². The van der Waals surface area contributed by atoms with Gasteiger partial charge in [0, 0.05) is 0 Å². The van der Waals surface area contributed by atoms with Crippen molar-refractivity contribution in [1.29, 1.82) is 0 Å². The van der Waals surface area contributed by atoms with Crippen molar-refractivity contribution in [2.45, 2.75) is 19.4 Å². The molecule has 0 aliphatic heterocycles. The standard InChI is InChI=1S/C11H15FN2O3S/c1-2-18(16,17)14-11(15)10(13)7-8-4-3-5-9(12)6-8/h3-6,10H,2,7,13H2,1H3,(H,14,15)/t10-/m0/s1.